The van der Waals surface area contributed by atoms with Gasteiger partial charge in [-0.1, -0.05) is 30.3 Å². The maximum absolute atomic E-state index is 13.1. The van der Waals surface area contributed by atoms with Crippen LogP contribution in [-0.4, -0.2) is 22.0 Å². The van der Waals surface area contributed by atoms with Crippen molar-refractivity contribution in [1.29, 1.82) is 0 Å². The number of fused-ring (bicyclic) bond motifs is 1. The standard InChI is InChI=1S/C18H13FN4O3/c19-12-5-3-4-11(10-12)8-9-15(24)20-23-18(26)16-13-6-1-2-7-14(13)17(25)22-21-16/h1-10H,(H,20,24)(H,22,25)(H,23,26). The van der Waals surface area contributed by atoms with Gasteiger partial charge < -0.3 is 0 Å². The van der Waals surface area contributed by atoms with Gasteiger partial charge in [0.2, 0.25) is 0 Å². The predicted octanol–water partition coefficient (Wildman–Crippen LogP) is 1.54. The van der Waals surface area contributed by atoms with E-state index >= 15 is 0 Å². The van der Waals surface area contributed by atoms with E-state index in [4.69, 9.17) is 0 Å². The Hall–Kier alpha value is -3.81. The summed E-state index contributed by atoms with van der Waals surface area (Å²) < 4.78 is 13.1. The highest BCUT2D eigenvalue weighted by Gasteiger charge is 2.14. The summed E-state index contributed by atoms with van der Waals surface area (Å²) in [4.78, 5) is 35.7. The molecule has 2 aromatic carbocycles. The van der Waals surface area contributed by atoms with Crippen LogP contribution in [0, 0.1) is 5.82 Å². The summed E-state index contributed by atoms with van der Waals surface area (Å²) in [6.45, 7) is 0. The molecule has 0 aliphatic carbocycles. The van der Waals surface area contributed by atoms with Gasteiger partial charge >= 0.3 is 0 Å². The number of nitrogens with one attached hydrogen (secondary N) is 3. The molecule has 7 nitrogen and oxygen atoms in total. The number of aromatic nitrogens is 2. The number of benzene rings is 2. The van der Waals surface area contributed by atoms with Crippen molar-refractivity contribution in [2.75, 3.05) is 0 Å². The van der Waals surface area contributed by atoms with Crippen LogP contribution in [0.3, 0.4) is 0 Å². The Balaban J connectivity index is 1.68. The summed E-state index contributed by atoms with van der Waals surface area (Å²) in [5.41, 5.74) is 4.45. The lowest BCUT2D eigenvalue weighted by molar-refractivity contribution is -0.117. The van der Waals surface area contributed by atoms with E-state index < -0.39 is 23.2 Å². The van der Waals surface area contributed by atoms with Gasteiger partial charge in [-0.2, -0.15) is 5.10 Å². The summed E-state index contributed by atoms with van der Waals surface area (Å²) in [5, 5.41) is 6.63. The molecule has 0 saturated heterocycles. The van der Waals surface area contributed by atoms with E-state index in [-0.39, 0.29) is 5.69 Å². The summed E-state index contributed by atoms with van der Waals surface area (Å²) in [5.74, 6) is -1.72. The molecule has 0 atom stereocenters. The molecule has 2 amide bonds. The average molecular weight is 352 g/mol. The van der Waals surface area contributed by atoms with Crippen LogP contribution in [0.5, 0.6) is 0 Å². The lowest BCUT2D eigenvalue weighted by Crippen LogP contribution is -2.41. The van der Waals surface area contributed by atoms with Crippen LogP contribution in [0.25, 0.3) is 16.8 Å². The number of aromatic amines is 1. The SMILES string of the molecule is O=C(C=Cc1cccc(F)c1)NNC(=O)c1n[nH]c(=O)c2ccccc12. The lowest BCUT2D eigenvalue weighted by atomic mass is 10.1. The molecule has 26 heavy (non-hydrogen) atoms. The molecule has 8 heteroatoms. The number of hydrogen-bond donors (Lipinski definition) is 3. The molecule has 3 rings (SSSR count). The molecule has 130 valence electrons. The molecular formula is C18H13FN4O3. The average Bonchev–Trinajstić information content (AvgIpc) is 2.65. The minimum Gasteiger partial charge on any atom is -0.268 e. The summed E-state index contributed by atoms with van der Waals surface area (Å²) in [6, 6.07) is 12.2. The molecule has 1 heterocycles. The van der Waals surface area contributed by atoms with Gasteiger partial charge in [-0.3, -0.25) is 25.2 Å². The van der Waals surface area contributed by atoms with Crippen molar-refractivity contribution in [3.63, 3.8) is 0 Å². The molecule has 0 aliphatic heterocycles. The minimum atomic E-state index is -0.690. The van der Waals surface area contributed by atoms with Gasteiger partial charge in [-0.05, 0) is 29.8 Å². The number of carbonyl (C=O) groups excluding carboxylic acids is 2. The van der Waals surface area contributed by atoms with Gasteiger partial charge in [0.05, 0.1) is 5.39 Å². The zero-order valence-electron chi connectivity index (χ0n) is 13.3. The number of rotatable bonds is 3. The maximum atomic E-state index is 13.1. The topological polar surface area (TPSA) is 104 Å². The van der Waals surface area contributed by atoms with E-state index in [0.29, 0.717) is 16.3 Å². The molecule has 0 unspecified atom stereocenters. The van der Waals surface area contributed by atoms with Crippen molar-refractivity contribution in [2.24, 2.45) is 0 Å². The molecule has 0 radical (unpaired) electrons. The monoisotopic (exact) mass is 352 g/mol. The summed E-state index contributed by atoms with van der Waals surface area (Å²) in [6.07, 6.45) is 2.55. The van der Waals surface area contributed by atoms with E-state index in [1.807, 2.05) is 0 Å². The van der Waals surface area contributed by atoms with Crippen LogP contribution in [-0.2, 0) is 4.79 Å². The summed E-state index contributed by atoms with van der Waals surface area (Å²) >= 11 is 0. The van der Waals surface area contributed by atoms with Gasteiger partial charge in [-0.15, -0.1) is 0 Å². The number of amides is 2. The van der Waals surface area contributed by atoms with E-state index in [0.717, 1.165) is 6.08 Å². The van der Waals surface area contributed by atoms with Crippen molar-refractivity contribution in [3.05, 3.63) is 82.0 Å². The van der Waals surface area contributed by atoms with E-state index in [9.17, 15) is 18.8 Å². The van der Waals surface area contributed by atoms with Gasteiger partial charge in [0, 0.05) is 11.5 Å². The van der Waals surface area contributed by atoms with E-state index in [2.05, 4.69) is 21.0 Å². The molecule has 3 aromatic rings. The van der Waals surface area contributed by atoms with Crippen molar-refractivity contribution in [2.45, 2.75) is 0 Å². The van der Waals surface area contributed by atoms with Gasteiger partial charge in [0.15, 0.2) is 5.69 Å². The van der Waals surface area contributed by atoms with Crippen LogP contribution in [0.4, 0.5) is 4.39 Å². The lowest BCUT2D eigenvalue weighted by Gasteiger charge is -2.06. The number of nitrogens with zero attached hydrogens (tertiary/aromatic N) is 1. The number of carbonyl (C=O) groups is 2. The highest BCUT2D eigenvalue weighted by molar-refractivity contribution is 6.05. The van der Waals surface area contributed by atoms with Crippen LogP contribution in [0.2, 0.25) is 0 Å². The Kier molecular flexibility index (Phi) is 4.84. The van der Waals surface area contributed by atoms with Gasteiger partial charge in [0.25, 0.3) is 17.4 Å². The Morgan fingerprint density at radius 1 is 1.04 bits per heavy atom. The first kappa shape index (κ1) is 17.0. The van der Waals surface area contributed by atoms with Crippen molar-refractivity contribution in [3.8, 4) is 0 Å². The zero-order valence-corrected chi connectivity index (χ0v) is 13.3. The second-order valence-corrected chi connectivity index (χ2v) is 5.28. The third-order valence-corrected chi connectivity index (χ3v) is 3.49. The third kappa shape index (κ3) is 3.81. The largest absolute Gasteiger partial charge is 0.290 e. The second-order valence-electron chi connectivity index (χ2n) is 5.28. The zero-order chi connectivity index (χ0) is 18.5. The summed E-state index contributed by atoms with van der Waals surface area (Å²) in [7, 11) is 0. The van der Waals surface area contributed by atoms with E-state index in [1.165, 1.54) is 24.3 Å². The first-order chi connectivity index (χ1) is 12.5. The third-order valence-electron chi connectivity index (χ3n) is 3.49. The van der Waals surface area contributed by atoms with Crippen LogP contribution in [0.1, 0.15) is 16.1 Å². The maximum Gasteiger partial charge on any atom is 0.290 e. The minimum absolute atomic E-state index is 0.0328. The second kappa shape index (κ2) is 7.39. The van der Waals surface area contributed by atoms with Crippen LogP contribution in [0.15, 0.2) is 59.4 Å². The highest BCUT2D eigenvalue weighted by atomic mass is 19.1. The van der Waals surface area contributed by atoms with Crippen molar-refractivity contribution < 1.29 is 14.0 Å². The molecule has 0 bridgehead atoms. The fourth-order valence-electron chi connectivity index (χ4n) is 2.29. The fraction of sp³-hybridized carbons (Fsp3) is 0. The molecule has 0 fully saturated rings. The Morgan fingerprint density at radius 2 is 1.81 bits per heavy atom. The van der Waals surface area contributed by atoms with Gasteiger partial charge in [-0.25, -0.2) is 9.49 Å². The van der Waals surface area contributed by atoms with Crippen molar-refractivity contribution >= 4 is 28.7 Å². The first-order valence-corrected chi connectivity index (χ1v) is 7.56. The smallest absolute Gasteiger partial charge is 0.268 e. The van der Waals surface area contributed by atoms with Crippen molar-refractivity contribution in [1.82, 2.24) is 21.0 Å². The molecule has 0 aliphatic rings. The predicted molar refractivity (Wildman–Crippen MR) is 93.4 cm³/mol. The van der Waals surface area contributed by atoms with Crippen LogP contribution < -0.4 is 16.4 Å². The Bertz CT molecular complexity index is 1080. The fourth-order valence-corrected chi connectivity index (χ4v) is 2.29. The molecular weight excluding hydrogens is 339 g/mol. The molecule has 1 aromatic heterocycles. The molecule has 0 saturated carbocycles. The van der Waals surface area contributed by atoms with Crippen LogP contribution >= 0.6 is 0 Å². The normalized spacial score (nSPS) is 10.8. The Labute approximate surface area is 146 Å². The number of H-pyrrole nitrogens is 1. The molecule has 3 N–H and O–H groups in total. The Morgan fingerprint density at radius 3 is 2.58 bits per heavy atom. The number of hydrazine groups is 1. The highest BCUT2D eigenvalue weighted by Crippen LogP contribution is 2.11. The quantitative estimate of drug-likeness (QED) is 0.491. The number of hydrogen-bond acceptors (Lipinski definition) is 4. The van der Waals surface area contributed by atoms with E-state index in [1.54, 1.807) is 30.3 Å². The first-order valence-electron chi connectivity index (χ1n) is 7.56. The molecule has 0 spiro atoms. The number of halogens is 1. The van der Waals surface area contributed by atoms with Gasteiger partial charge in [0.1, 0.15) is 5.82 Å².